The molecule has 1 rings (SSSR count). The van der Waals surface area contributed by atoms with Crippen LogP contribution >= 0.6 is 0 Å². The van der Waals surface area contributed by atoms with E-state index in [1.165, 1.54) is 13.2 Å². The minimum atomic E-state index is -3.54. The highest BCUT2D eigenvalue weighted by Crippen LogP contribution is 2.20. The summed E-state index contributed by atoms with van der Waals surface area (Å²) in [6.07, 6.45) is 0.893. The Labute approximate surface area is 119 Å². The predicted molar refractivity (Wildman–Crippen MR) is 77.0 cm³/mol. The maximum atomic E-state index is 12.1. The van der Waals surface area contributed by atoms with Crippen LogP contribution in [0.3, 0.4) is 0 Å². The third-order valence-electron chi connectivity index (χ3n) is 2.59. The highest BCUT2D eigenvalue weighted by molar-refractivity contribution is 7.89. The van der Waals surface area contributed by atoms with Gasteiger partial charge < -0.3 is 10.1 Å². The summed E-state index contributed by atoms with van der Waals surface area (Å²) in [6.45, 7) is 2.59. The van der Waals surface area contributed by atoms with Gasteiger partial charge in [-0.05, 0) is 18.6 Å². The molecule has 20 heavy (non-hydrogen) atoms. The van der Waals surface area contributed by atoms with Crippen LogP contribution < -0.4 is 10.0 Å². The number of sulfonamides is 1. The molecular formula is C13H20N2O4S. The Morgan fingerprint density at radius 3 is 2.60 bits per heavy atom. The molecule has 0 saturated heterocycles. The van der Waals surface area contributed by atoms with Gasteiger partial charge in [0.15, 0.2) is 0 Å². The summed E-state index contributed by atoms with van der Waals surface area (Å²) in [5, 5.41) is 2.94. The number of rotatable bonds is 8. The molecule has 0 atom stereocenters. The van der Waals surface area contributed by atoms with Gasteiger partial charge in [-0.25, -0.2) is 13.1 Å². The van der Waals surface area contributed by atoms with Crippen LogP contribution in [0, 0.1) is 0 Å². The van der Waals surface area contributed by atoms with Crippen LogP contribution in [0.1, 0.15) is 19.8 Å². The highest BCUT2D eigenvalue weighted by atomic mass is 32.2. The number of carbonyl (C=O) groups is 1. The van der Waals surface area contributed by atoms with Crippen molar-refractivity contribution in [2.24, 2.45) is 0 Å². The molecule has 112 valence electrons. The first-order valence-electron chi connectivity index (χ1n) is 6.40. The fraction of sp³-hybridized carbons (Fsp3) is 0.462. The van der Waals surface area contributed by atoms with Gasteiger partial charge in [-0.2, -0.15) is 0 Å². The summed E-state index contributed by atoms with van der Waals surface area (Å²) in [4.78, 5) is 11.2. The Kier molecular flexibility index (Phi) is 6.47. The summed E-state index contributed by atoms with van der Waals surface area (Å²) in [7, 11) is -2.22. The monoisotopic (exact) mass is 300 g/mol. The van der Waals surface area contributed by atoms with Gasteiger partial charge in [-0.1, -0.05) is 19.1 Å². The molecule has 7 heteroatoms. The standard InChI is InChI=1S/C13H20N2O4S/c1-3-9-15-20(17,18)12-7-5-4-6-11(12)14-10-8-13(16)19-2/h4-7,14-15H,3,8-10H2,1-2H3. The number of ether oxygens (including phenoxy) is 1. The average molecular weight is 300 g/mol. The zero-order valence-electron chi connectivity index (χ0n) is 11.7. The predicted octanol–water partition coefficient (Wildman–Crippen LogP) is 1.35. The molecule has 6 nitrogen and oxygen atoms in total. The van der Waals surface area contributed by atoms with Gasteiger partial charge in [0.05, 0.1) is 19.2 Å². The van der Waals surface area contributed by atoms with Crippen molar-refractivity contribution in [1.29, 1.82) is 0 Å². The van der Waals surface area contributed by atoms with E-state index in [-0.39, 0.29) is 17.3 Å². The lowest BCUT2D eigenvalue weighted by Crippen LogP contribution is -2.25. The largest absolute Gasteiger partial charge is 0.469 e. The molecule has 0 aromatic heterocycles. The van der Waals surface area contributed by atoms with Gasteiger partial charge in [0.1, 0.15) is 4.90 Å². The number of para-hydroxylation sites is 1. The molecule has 2 N–H and O–H groups in total. The van der Waals surface area contributed by atoms with Gasteiger partial charge in [-0.15, -0.1) is 0 Å². The molecule has 0 radical (unpaired) electrons. The van der Waals surface area contributed by atoms with E-state index in [0.29, 0.717) is 18.8 Å². The molecule has 0 unspecified atom stereocenters. The van der Waals surface area contributed by atoms with E-state index in [4.69, 9.17) is 0 Å². The van der Waals surface area contributed by atoms with E-state index in [1.807, 2.05) is 6.92 Å². The molecule has 0 fully saturated rings. The third kappa shape index (κ3) is 4.82. The lowest BCUT2D eigenvalue weighted by Gasteiger charge is -2.12. The number of hydrogen-bond donors (Lipinski definition) is 2. The van der Waals surface area contributed by atoms with Crippen molar-refractivity contribution in [1.82, 2.24) is 4.72 Å². The fourth-order valence-electron chi connectivity index (χ4n) is 1.56. The van der Waals surface area contributed by atoms with Crippen LogP contribution in [0.2, 0.25) is 0 Å². The Morgan fingerprint density at radius 2 is 1.95 bits per heavy atom. The molecule has 0 saturated carbocycles. The molecule has 1 aromatic carbocycles. The second-order valence-corrected chi connectivity index (χ2v) is 5.88. The Morgan fingerprint density at radius 1 is 1.25 bits per heavy atom. The van der Waals surface area contributed by atoms with Crippen LogP contribution in [0.25, 0.3) is 0 Å². The van der Waals surface area contributed by atoms with Gasteiger partial charge in [0, 0.05) is 13.1 Å². The lowest BCUT2D eigenvalue weighted by molar-refractivity contribution is -0.140. The van der Waals surface area contributed by atoms with Crippen LogP contribution in [0.15, 0.2) is 29.2 Å². The quantitative estimate of drug-likeness (QED) is 0.708. The average Bonchev–Trinajstić information content (AvgIpc) is 2.45. The van der Waals surface area contributed by atoms with Gasteiger partial charge >= 0.3 is 5.97 Å². The van der Waals surface area contributed by atoms with Crippen molar-refractivity contribution >= 4 is 21.7 Å². The third-order valence-corrected chi connectivity index (χ3v) is 4.11. The Balaban J connectivity index is 2.80. The second kappa shape index (κ2) is 7.86. The summed E-state index contributed by atoms with van der Waals surface area (Å²) in [6, 6.07) is 6.58. The molecule has 0 amide bonds. The molecule has 0 heterocycles. The highest BCUT2D eigenvalue weighted by Gasteiger charge is 2.17. The molecular weight excluding hydrogens is 280 g/mol. The van der Waals surface area contributed by atoms with Crippen LogP contribution in [-0.2, 0) is 19.6 Å². The lowest BCUT2D eigenvalue weighted by atomic mass is 10.3. The van der Waals surface area contributed by atoms with Crippen LogP contribution in [-0.4, -0.2) is 34.6 Å². The van der Waals surface area contributed by atoms with Crippen molar-refractivity contribution in [2.75, 3.05) is 25.5 Å². The number of carbonyl (C=O) groups excluding carboxylic acids is 1. The SMILES string of the molecule is CCCNS(=O)(=O)c1ccccc1NCCC(=O)OC. The van der Waals surface area contributed by atoms with E-state index in [0.717, 1.165) is 6.42 Å². The number of methoxy groups -OCH3 is 1. The Bertz CT molecular complexity index is 543. The smallest absolute Gasteiger partial charge is 0.307 e. The van der Waals surface area contributed by atoms with Gasteiger partial charge in [0.25, 0.3) is 0 Å². The first kappa shape index (κ1) is 16.5. The van der Waals surface area contributed by atoms with Gasteiger partial charge in [-0.3, -0.25) is 4.79 Å². The summed E-state index contributed by atoms with van der Waals surface area (Å²) in [5.41, 5.74) is 0.472. The number of hydrogen-bond acceptors (Lipinski definition) is 5. The Hall–Kier alpha value is -1.60. The van der Waals surface area contributed by atoms with Crippen molar-refractivity contribution in [3.05, 3.63) is 24.3 Å². The van der Waals surface area contributed by atoms with Crippen molar-refractivity contribution in [3.63, 3.8) is 0 Å². The number of nitrogens with one attached hydrogen (secondary N) is 2. The fourth-order valence-corrected chi connectivity index (χ4v) is 2.88. The molecule has 0 bridgehead atoms. The number of esters is 1. The van der Waals surface area contributed by atoms with E-state index < -0.39 is 10.0 Å². The maximum absolute atomic E-state index is 12.1. The minimum Gasteiger partial charge on any atom is -0.469 e. The van der Waals surface area contributed by atoms with Crippen molar-refractivity contribution < 1.29 is 17.9 Å². The summed E-state index contributed by atoms with van der Waals surface area (Å²) < 4.78 is 31.3. The van der Waals surface area contributed by atoms with Crippen molar-refractivity contribution in [3.8, 4) is 0 Å². The topological polar surface area (TPSA) is 84.5 Å². The van der Waals surface area contributed by atoms with Gasteiger partial charge in [0.2, 0.25) is 10.0 Å². The molecule has 0 spiro atoms. The molecule has 1 aromatic rings. The number of anilines is 1. The molecule has 0 aliphatic rings. The maximum Gasteiger partial charge on any atom is 0.307 e. The first-order chi connectivity index (χ1) is 9.51. The normalized spacial score (nSPS) is 11.1. The second-order valence-electron chi connectivity index (χ2n) is 4.15. The summed E-state index contributed by atoms with van der Waals surface area (Å²) >= 11 is 0. The van der Waals surface area contributed by atoms with Crippen LogP contribution in [0.5, 0.6) is 0 Å². The zero-order valence-corrected chi connectivity index (χ0v) is 12.5. The molecule has 0 aliphatic heterocycles. The van der Waals surface area contributed by atoms with Crippen LogP contribution in [0.4, 0.5) is 5.69 Å². The van der Waals surface area contributed by atoms with E-state index in [1.54, 1.807) is 18.2 Å². The van der Waals surface area contributed by atoms with E-state index in [9.17, 15) is 13.2 Å². The first-order valence-corrected chi connectivity index (χ1v) is 7.89. The van der Waals surface area contributed by atoms with Crippen molar-refractivity contribution in [2.45, 2.75) is 24.7 Å². The number of benzene rings is 1. The van der Waals surface area contributed by atoms with E-state index in [2.05, 4.69) is 14.8 Å². The summed E-state index contributed by atoms with van der Waals surface area (Å²) in [5.74, 6) is -0.345. The zero-order chi connectivity index (χ0) is 15.0. The van der Waals surface area contributed by atoms with E-state index >= 15 is 0 Å². The minimum absolute atomic E-state index is 0.174. The molecule has 0 aliphatic carbocycles.